The number of carbonyl (C=O) groups is 2. The number of cyclic esters (lactones) is 1. The van der Waals surface area contributed by atoms with Crippen LogP contribution in [0, 0.1) is 0 Å². The lowest BCUT2D eigenvalue weighted by Crippen LogP contribution is -2.20. The molecule has 1 aliphatic rings. The van der Waals surface area contributed by atoms with Gasteiger partial charge in [0.2, 0.25) is 0 Å². The van der Waals surface area contributed by atoms with E-state index in [0.717, 1.165) is 67.8 Å². The van der Waals surface area contributed by atoms with Gasteiger partial charge in [0.1, 0.15) is 6.10 Å². The van der Waals surface area contributed by atoms with Gasteiger partial charge in [-0.2, -0.15) is 0 Å². The number of para-hydroxylation sites is 1. The molecule has 1 aromatic heterocycles. The second kappa shape index (κ2) is 18.7. The van der Waals surface area contributed by atoms with Gasteiger partial charge < -0.3 is 14.5 Å². The molecule has 1 atom stereocenters. The largest absolute Gasteiger partial charge is 0.463 e. The van der Waals surface area contributed by atoms with E-state index in [2.05, 4.69) is 11.1 Å². The Kier molecular flexibility index (Phi) is 14.7. The number of ether oxygens (including phenoxy) is 2. The molecule has 2 heterocycles. The highest BCUT2D eigenvalue weighted by atomic mass is 16.5. The molecule has 2 aromatic rings. The smallest absolute Gasteiger partial charge is 0.330 e. The van der Waals surface area contributed by atoms with Gasteiger partial charge in [-0.25, -0.2) is 4.79 Å². The Balaban J connectivity index is 1.43. The molecule has 0 spiro atoms. The molecule has 0 radical (unpaired) electrons. The van der Waals surface area contributed by atoms with Crippen LogP contribution < -0.4 is 0 Å². The average molecular weight is 524 g/mol. The third-order valence-electron chi connectivity index (χ3n) is 7.62. The Morgan fingerprint density at radius 3 is 2.13 bits per heavy atom. The fraction of sp³-hybridized carbons (Fsp3) is 0.636. The standard InChI is InChI=1S/C33H49NO4/c35-32-24-16-12-8-4-3-7-11-15-21-29(20-14-10-6-2-1-5-9-13-19-25-37-32)38-33(36)26-28-27-34-31-23-18-17-22-30(28)31/h16-18,22-24,27,29,34H,1-15,19-21,25-26H2/b24-16+. The van der Waals surface area contributed by atoms with Crippen molar-refractivity contribution in [1.29, 1.82) is 0 Å². The zero-order valence-electron chi connectivity index (χ0n) is 23.4. The van der Waals surface area contributed by atoms with Crippen LogP contribution in [-0.4, -0.2) is 29.6 Å². The number of benzene rings is 1. The van der Waals surface area contributed by atoms with Gasteiger partial charge in [-0.05, 0) is 56.6 Å². The minimum atomic E-state index is -0.198. The van der Waals surface area contributed by atoms with Crippen molar-refractivity contribution in [3.63, 3.8) is 0 Å². The number of hydrogen-bond acceptors (Lipinski definition) is 4. The maximum atomic E-state index is 12.9. The van der Waals surface area contributed by atoms with E-state index >= 15 is 0 Å². The second-order valence-corrected chi connectivity index (χ2v) is 10.9. The fourth-order valence-electron chi connectivity index (χ4n) is 5.38. The lowest BCUT2D eigenvalue weighted by molar-refractivity contribution is -0.149. The highest BCUT2D eigenvalue weighted by Crippen LogP contribution is 2.21. The number of nitrogens with one attached hydrogen (secondary N) is 1. The molecule has 5 heteroatoms. The summed E-state index contributed by atoms with van der Waals surface area (Å²) in [5.74, 6) is -0.305. The van der Waals surface area contributed by atoms with Crippen LogP contribution >= 0.6 is 0 Å². The Hall–Kier alpha value is -2.56. The molecule has 0 saturated carbocycles. The third-order valence-corrected chi connectivity index (χ3v) is 7.62. The molecule has 38 heavy (non-hydrogen) atoms. The first-order chi connectivity index (χ1) is 18.7. The van der Waals surface area contributed by atoms with E-state index in [-0.39, 0.29) is 18.0 Å². The summed E-state index contributed by atoms with van der Waals surface area (Å²) < 4.78 is 11.3. The van der Waals surface area contributed by atoms with Crippen molar-refractivity contribution in [2.24, 2.45) is 0 Å². The number of esters is 2. The molecular formula is C33H49NO4. The van der Waals surface area contributed by atoms with Crippen LogP contribution in [0.5, 0.6) is 0 Å². The quantitative estimate of drug-likeness (QED) is 0.408. The Morgan fingerprint density at radius 1 is 0.816 bits per heavy atom. The molecule has 3 rings (SSSR count). The summed E-state index contributed by atoms with van der Waals surface area (Å²) in [6, 6.07) is 8.12. The van der Waals surface area contributed by atoms with Crippen LogP contribution in [0.15, 0.2) is 42.6 Å². The third kappa shape index (κ3) is 12.3. The number of hydrogen-bond donors (Lipinski definition) is 1. The summed E-state index contributed by atoms with van der Waals surface area (Å²) in [6.07, 6.45) is 26.4. The van der Waals surface area contributed by atoms with Crippen LogP contribution in [0.1, 0.15) is 121 Å². The zero-order chi connectivity index (χ0) is 26.7. The van der Waals surface area contributed by atoms with Gasteiger partial charge in [0, 0.05) is 23.2 Å². The molecule has 1 unspecified atom stereocenters. The van der Waals surface area contributed by atoms with Gasteiger partial charge in [-0.1, -0.05) is 94.9 Å². The predicted octanol–water partition coefficient (Wildman–Crippen LogP) is 8.76. The van der Waals surface area contributed by atoms with Crippen LogP contribution in [0.3, 0.4) is 0 Å². The van der Waals surface area contributed by atoms with E-state index in [9.17, 15) is 9.59 Å². The number of H-pyrrole nitrogens is 1. The first kappa shape index (κ1) is 30.0. The topological polar surface area (TPSA) is 68.4 Å². The summed E-state index contributed by atoms with van der Waals surface area (Å²) in [5, 5.41) is 1.11. The van der Waals surface area contributed by atoms with Gasteiger partial charge >= 0.3 is 11.9 Å². The number of aromatic amines is 1. The molecule has 0 bridgehead atoms. The van der Waals surface area contributed by atoms with Gasteiger partial charge in [-0.3, -0.25) is 4.79 Å². The van der Waals surface area contributed by atoms with Crippen LogP contribution in [0.25, 0.3) is 10.9 Å². The van der Waals surface area contributed by atoms with Gasteiger partial charge in [0.05, 0.1) is 13.0 Å². The Labute approximate surface area is 229 Å². The summed E-state index contributed by atoms with van der Waals surface area (Å²) in [4.78, 5) is 27.9. The summed E-state index contributed by atoms with van der Waals surface area (Å²) >= 11 is 0. The lowest BCUT2D eigenvalue weighted by Gasteiger charge is -2.18. The lowest BCUT2D eigenvalue weighted by atomic mass is 10.0. The first-order valence-electron chi connectivity index (χ1n) is 15.3. The van der Waals surface area contributed by atoms with Gasteiger partial charge in [-0.15, -0.1) is 0 Å². The minimum absolute atomic E-state index is 0.0307. The fourth-order valence-corrected chi connectivity index (χ4v) is 5.38. The van der Waals surface area contributed by atoms with Crippen molar-refractivity contribution >= 4 is 22.8 Å². The Morgan fingerprint density at radius 2 is 1.42 bits per heavy atom. The van der Waals surface area contributed by atoms with E-state index in [4.69, 9.17) is 9.47 Å². The molecule has 1 N–H and O–H groups in total. The maximum Gasteiger partial charge on any atom is 0.330 e. The Bertz CT molecular complexity index is 963. The van der Waals surface area contributed by atoms with E-state index in [0.29, 0.717) is 13.0 Å². The maximum absolute atomic E-state index is 12.9. The highest BCUT2D eigenvalue weighted by Gasteiger charge is 2.16. The van der Waals surface area contributed by atoms with Crippen molar-refractivity contribution in [2.45, 2.75) is 128 Å². The number of carbonyl (C=O) groups excluding carboxylic acids is 2. The van der Waals surface area contributed by atoms with E-state index < -0.39 is 0 Å². The monoisotopic (exact) mass is 523 g/mol. The molecule has 1 aliphatic heterocycles. The molecule has 0 fully saturated rings. The number of aromatic nitrogens is 1. The van der Waals surface area contributed by atoms with Crippen molar-refractivity contribution in [3.8, 4) is 0 Å². The van der Waals surface area contributed by atoms with Gasteiger partial charge in [0.25, 0.3) is 0 Å². The van der Waals surface area contributed by atoms with Crippen LogP contribution in [-0.2, 0) is 25.5 Å². The molecule has 0 saturated heterocycles. The van der Waals surface area contributed by atoms with Crippen molar-refractivity contribution in [1.82, 2.24) is 4.98 Å². The molecule has 210 valence electrons. The summed E-state index contributed by atoms with van der Waals surface area (Å²) in [7, 11) is 0. The SMILES string of the molecule is O=C1/C=C/CCCCCCCCC(OC(=O)Cc2c[nH]c3ccccc23)CCCCCCCCCCCO1. The van der Waals surface area contributed by atoms with E-state index in [1.165, 1.54) is 64.2 Å². The molecule has 1 aromatic carbocycles. The molecule has 0 amide bonds. The number of fused-ring (bicyclic) bond motifs is 1. The second-order valence-electron chi connectivity index (χ2n) is 10.9. The molecule has 0 aliphatic carbocycles. The zero-order valence-corrected chi connectivity index (χ0v) is 23.4. The van der Waals surface area contributed by atoms with Crippen LogP contribution in [0.4, 0.5) is 0 Å². The van der Waals surface area contributed by atoms with E-state index in [1.807, 2.05) is 30.5 Å². The predicted molar refractivity (Wildman–Crippen MR) is 155 cm³/mol. The normalized spacial score (nSPS) is 21.7. The number of allylic oxidation sites excluding steroid dienone is 1. The highest BCUT2D eigenvalue weighted by molar-refractivity contribution is 5.87. The summed E-state index contributed by atoms with van der Waals surface area (Å²) in [6.45, 7) is 0.538. The van der Waals surface area contributed by atoms with Gasteiger partial charge in [0.15, 0.2) is 0 Å². The average Bonchev–Trinajstić information content (AvgIpc) is 3.32. The molecule has 5 nitrogen and oxygen atoms in total. The summed E-state index contributed by atoms with van der Waals surface area (Å²) in [5.41, 5.74) is 2.08. The van der Waals surface area contributed by atoms with Crippen molar-refractivity contribution < 1.29 is 19.1 Å². The molecular weight excluding hydrogens is 474 g/mol. The van der Waals surface area contributed by atoms with Crippen LogP contribution in [0.2, 0.25) is 0 Å². The number of rotatable bonds is 3. The minimum Gasteiger partial charge on any atom is -0.463 e. The van der Waals surface area contributed by atoms with Crippen molar-refractivity contribution in [3.05, 3.63) is 48.2 Å². The van der Waals surface area contributed by atoms with E-state index in [1.54, 1.807) is 6.08 Å². The van der Waals surface area contributed by atoms with Crippen molar-refractivity contribution in [2.75, 3.05) is 6.61 Å². The first-order valence-corrected chi connectivity index (χ1v) is 15.3.